The van der Waals surface area contributed by atoms with E-state index in [2.05, 4.69) is 0 Å². The van der Waals surface area contributed by atoms with Crippen molar-refractivity contribution < 1.29 is 19.1 Å². The minimum atomic E-state index is -0.472. The molecule has 0 radical (unpaired) electrons. The van der Waals surface area contributed by atoms with Crippen molar-refractivity contribution in [3.05, 3.63) is 29.8 Å². The zero-order chi connectivity index (χ0) is 14.5. The zero-order valence-corrected chi connectivity index (χ0v) is 11.9. The molecular formula is C15H20O4. The maximum Gasteiger partial charge on any atom is 0.309 e. The van der Waals surface area contributed by atoms with Gasteiger partial charge in [-0.1, -0.05) is 0 Å². The summed E-state index contributed by atoms with van der Waals surface area (Å²) >= 11 is 0. The molecule has 0 aliphatic carbocycles. The molecule has 4 heteroatoms. The van der Waals surface area contributed by atoms with Crippen LogP contribution in [0, 0.1) is 0 Å². The number of Topliss-reactive ketones (excluding diaryl/α,β-unsaturated/α-hetero) is 1. The molecule has 0 unspecified atom stereocenters. The summed E-state index contributed by atoms with van der Waals surface area (Å²) in [5, 5.41) is 0. The lowest BCUT2D eigenvalue weighted by Gasteiger charge is -2.19. The summed E-state index contributed by atoms with van der Waals surface area (Å²) in [4.78, 5) is 22.5. The molecule has 0 aliphatic rings. The van der Waals surface area contributed by atoms with E-state index in [1.807, 2.05) is 20.8 Å². The number of hydrogen-bond donors (Lipinski definition) is 0. The summed E-state index contributed by atoms with van der Waals surface area (Å²) in [6.07, 6.45) is 0.200. The molecule has 0 heterocycles. The number of ether oxygens (including phenoxy) is 2. The van der Waals surface area contributed by atoms with Gasteiger partial charge < -0.3 is 9.47 Å². The molecule has 4 nitrogen and oxygen atoms in total. The van der Waals surface area contributed by atoms with Crippen molar-refractivity contribution in [1.82, 2.24) is 0 Å². The maximum absolute atomic E-state index is 11.4. The SMILES string of the molecule is CC(=O)c1ccc(OCCC(=O)OC(C)(C)C)cc1. The number of carbonyl (C=O) groups is 2. The first kappa shape index (κ1) is 15.2. The van der Waals surface area contributed by atoms with Crippen molar-refractivity contribution >= 4 is 11.8 Å². The van der Waals surface area contributed by atoms with Gasteiger partial charge in [0.15, 0.2) is 5.78 Å². The molecule has 0 fully saturated rings. The van der Waals surface area contributed by atoms with Crippen LogP contribution >= 0.6 is 0 Å². The number of benzene rings is 1. The number of carbonyl (C=O) groups excluding carboxylic acids is 2. The third-order valence-electron chi connectivity index (χ3n) is 2.26. The van der Waals surface area contributed by atoms with E-state index in [9.17, 15) is 9.59 Å². The predicted octanol–water partition coefficient (Wildman–Crippen LogP) is 3.00. The Bertz CT molecular complexity index is 440. The van der Waals surface area contributed by atoms with Crippen LogP contribution in [0.15, 0.2) is 24.3 Å². The van der Waals surface area contributed by atoms with Crippen LogP contribution in [-0.2, 0) is 9.53 Å². The van der Waals surface area contributed by atoms with Gasteiger partial charge in [0, 0.05) is 5.56 Å². The molecule has 0 aromatic heterocycles. The van der Waals surface area contributed by atoms with Gasteiger partial charge in [0.25, 0.3) is 0 Å². The van der Waals surface area contributed by atoms with Crippen LogP contribution in [0.4, 0.5) is 0 Å². The Morgan fingerprint density at radius 1 is 1.11 bits per heavy atom. The highest BCUT2D eigenvalue weighted by Gasteiger charge is 2.15. The third-order valence-corrected chi connectivity index (χ3v) is 2.26. The topological polar surface area (TPSA) is 52.6 Å². The fourth-order valence-corrected chi connectivity index (χ4v) is 1.43. The summed E-state index contributed by atoms with van der Waals surface area (Å²) in [6.45, 7) is 7.25. The zero-order valence-electron chi connectivity index (χ0n) is 11.9. The Morgan fingerprint density at radius 2 is 1.68 bits per heavy atom. The van der Waals surface area contributed by atoms with E-state index in [1.165, 1.54) is 6.92 Å². The van der Waals surface area contributed by atoms with Gasteiger partial charge in [-0.3, -0.25) is 9.59 Å². The number of rotatable bonds is 5. The molecule has 0 saturated heterocycles. The predicted molar refractivity (Wildman–Crippen MR) is 72.4 cm³/mol. The Hall–Kier alpha value is -1.84. The lowest BCUT2D eigenvalue weighted by molar-refractivity contribution is -0.155. The second-order valence-corrected chi connectivity index (χ2v) is 5.27. The second-order valence-electron chi connectivity index (χ2n) is 5.27. The highest BCUT2D eigenvalue weighted by Crippen LogP contribution is 2.13. The average molecular weight is 264 g/mol. The normalized spacial score (nSPS) is 10.9. The molecule has 1 aromatic rings. The van der Waals surface area contributed by atoms with E-state index in [0.29, 0.717) is 11.3 Å². The molecule has 0 bridgehead atoms. The largest absolute Gasteiger partial charge is 0.493 e. The highest BCUT2D eigenvalue weighted by molar-refractivity contribution is 5.94. The third kappa shape index (κ3) is 6.04. The van der Waals surface area contributed by atoms with Crippen LogP contribution in [0.25, 0.3) is 0 Å². The van der Waals surface area contributed by atoms with Gasteiger partial charge in [-0.05, 0) is 52.0 Å². The molecule has 0 spiro atoms. The average Bonchev–Trinajstić information content (AvgIpc) is 2.27. The minimum absolute atomic E-state index is 0.0142. The molecule has 104 valence electrons. The van der Waals surface area contributed by atoms with Gasteiger partial charge in [0.05, 0.1) is 13.0 Å². The smallest absolute Gasteiger partial charge is 0.309 e. The van der Waals surface area contributed by atoms with Crippen LogP contribution in [0.1, 0.15) is 44.5 Å². The molecule has 0 amide bonds. The maximum atomic E-state index is 11.4. The fraction of sp³-hybridized carbons (Fsp3) is 0.467. The lowest BCUT2D eigenvalue weighted by atomic mass is 10.1. The van der Waals surface area contributed by atoms with E-state index in [1.54, 1.807) is 24.3 Å². The molecule has 1 aromatic carbocycles. The number of ketones is 1. The second kappa shape index (κ2) is 6.36. The number of esters is 1. The van der Waals surface area contributed by atoms with Crippen LogP contribution in [-0.4, -0.2) is 24.0 Å². The first-order chi connectivity index (χ1) is 8.78. The Balaban J connectivity index is 2.37. The molecule has 19 heavy (non-hydrogen) atoms. The monoisotopic (exact) mass is 264 g/mol. The van der Waals surface area contributed by atoms with Crippen LogP contribution < -0.4 is 4.74 Å². The van der Waals surface area contributed by atoms with E-state index in [0.717, 1.165) is 0 Å². The molecule has 0 atom stereocenters. The van der Waals surface area contributed by atoms with Gasteiger partial charge in [0.2, 0.25) is 0 Å². The van der Waals surface area contributed by atoms with Crippen LogP contribution in [0.3, 0.4) is 0 Å². The molecule has 1 rings (SSSR count). The molecule has 0 aliphatic heterocycles. The van der Waals surface area contributed by atoms with Crippen LogP contribution in [0.2, 0.25) is 0 Å². The summed E-state index contributed by atoms with van der Waals surface area (Å²) in [6, 6.07) is 6.83. The van der Waals surface area contributed by atoms with E-state index in [4.69, 9.17) is 9.47 Å². The molecule has 0 saturated carbocycles. The van der Waals surface area contributed by atoms with E-state index in [-0.39, 0.29) is 24.8 Å². The lowest BCUT2D eigenvalue weighted by Crippen LogP contribution is -2.24. The van der Waals surface area contributed by atoms with Crippen molar-refractivity contribution in [3.63, 3.8) is 0 Å². The first-order valence-corrected chi connectivity index (χ1v) is 6.23. The van der Waals surface area contributed by atoms with Gasteiger partial charge in [0.1, 0.15) is 11.4 Å². The summed E-state index contributed by atoms with van der Waals surface area (Å²) < 4.78 is 10.6. The van der Waals surface area contributed by atoms with Gasteiger partial charge in [-0.15, -0.1) is 0 Å². The van der Waals surface area contributed by atoms with Crippen molar-refractivity contribution in [1.29, 1.82) is 0 Å². The fourth-order valence-electron chi connectivity index (χ4n) is 1.43. The molecular weight excluding hydrogens is 244 g/mol. The quantitative estimate of drug-likeness (QED) is 0.606. The van der Waals surface area contributed by atoms with Gasteiger partial charge in [-0.2, -0.15) is 0 Å². The summed E-state index contributed by atoms with van der Waals surface area (Å²) in [7, 11) is 0. The van der Waals surface area contributed by atoms with Crippen molar-refractivity contribution in [2.75, 3.05) is 6.61 Å². The highest BCUT2D eigenvalue weighted by atomic mass is 16.6. The standard InChI is InChI=1S/C15H20O4/c1-11(16)12-5-7-13(8-6-12)18-10-9-14(17)19-15(2,3)4/h5-8H,9-10H2,1-4H3. The van der Waals surface area contributed by atoms with Gasteiger partial charge in [-0.25, -0.2) is 0 Å². The van der Waals surface area contributed by atoms with Crippen LogP contribution in [0.5, 0.6) is 5.75 Å². The van der Waals surface area contributed by atoms with E-state index >= 15 is 0 Å². The van der Waals surface area contributed by atoms with Gasteiger partial charge >= 0.3 is 5.97 Å². The summed E-state index contributed by atoms with van der Waals surface area (Å²) in [5.74, 6) is 0.363. The summed E-state index contributed by atoms with van der Waals surface area (Å²) in [5.41, 5.74) is 0.166. The minimum Gasteiger partial charge on any atom is -0.493 e. The van der Waals surface area contributed by atoms with Crippen molar-refractivity contribution in [2.24, 2.45) is 0 Å². The number of hydrogen-bond acceptors (Lipinski definition) is 4. The molecule has 0 N–H and O–H groups in total. The van der Waals surface area contributed by atoms with Crippen molar-refractivity contribution in [3.8, 4) is 5.75 Å². The Labute approximate surface area is 113 Å². The van der Waals surface area contributed by atoms with Crippen molar-refractivity contribution in [2.45, 2.75) is 39.7 Å². The Kier molecular flexibility index (Phi) is 5.10. The van der Waals surface area contributed by atoms with E-state index < -0.39 is 5.60 Å². The Morgan fingerprint density at radius 3 is 2.16 bits per heavy atom. The first-order valence-electron chi connectivity index (χ1n) is 6.23.